The van der Waals surface area contributed by atoms with Gasteiger partial charge in [-0.05, 0) is 41.3 Å². The zero-order chi connectivity index (χ0) is 13.0. The summed E-state index contributed by atoms with van der Waals surface area (Å²) in [6.45, 7) is 4.86. The maximum atomic E-state index is 6.02. The minimum absolute atomic E-state index is 0.309. The third kappa shape index (κ3) is 3.36. The molecule has 2 heterocycles. The van der Waals surface area contributed by atoms with Crippen molar-refractivity contribution < 1.29 is 4.74 Å². The molecule has 1 unspecified atom stereocenters. The molecule has 1 aromatic rings. The molecule has 0 aliphatic carbocycles. The highest BCUT2D eigenvalue weighted by atomic mass is 79.9. The van der Waals surface area contributed by atoms with Crippen molar-refractivity contribution in [3.8, 4) is 0 Å². The van der Waals surface area contributed by atoms with E-state index in [1.807, 2.05) is 6.07 Å². The Bertz CT molecular complexity index is 400. The van der Waals surface area contributed by atoms with Crippen LogP contribution in [0.25, 0.3) is 0 Å². The minimum atomic E-state index is 0.309. The van der Waals surface area contributed by atoms with Crippen molar-refractivity contribution in [1.82, 2.24) is 4.98 Å². The predicted octanol–water partition coefficient (Wildman–Crippen LogP) is 2.82. The molecule has 4 nitrogen and oxygen atoms in total. The number of pyridine rings is 1. The number of hydrogen-bond acceptors (Lipinski definition) is 4. The number of rotatable bonds is 4. The molecule has 0 bridgehead atoms. The molecular weight excluding hydrogens is 294 g/mol. The molecule has 1 atom stereocenters. The molecule has 0 radical (unpaired) electrons. The van der Waals surface area contributed by atoms with Crippen LogP contribution in [0, 0.1) is 0 Å². The van der Waals surface area contributed by atoms with E-state index in [0.29, 0.717) is 6.10 Å². The summed E-state index contributed by atoms with van der Waals surface area (Å²) in [5.74, 6) is 0.878. The number of nitrogen functional groups attached to an aromatic ring is 1. The smallest absolute Gasteiger partial charge is 0.151 e. The fourth-order valence-corrected chi connectivity index (χ4v) is 2.61. The van der Waals surface area contributed by atoms with Crippen LogP contribution >= 0.6 is 15.9 Å². The van der Waals surface area contributed by atoms with Crippen molar-refractivity contribution >= 4 is 27.4 Å². The third-order valence-electron chi connectivity index (χ3n) is 3.10. The zero-order valence-corrected chi connectivity index (χ0v) is 12.3. The molecular formula is C13H20BrN3O. The van der Waals surface area contributed by atoms with Gasteiger partial charge in [-0.3, -0.25) is 0 Å². The summed E-state index contributed by atoms with van der Waals surface area (Å²) in [6, 6.07) is 1.90. The van der Waals surface area contributed by atoms with Crippen molar-refractivity contribution in [1.29, 1.82) is 0 Å². The minimum Gasteiger partial charge on any atom is -0.396 e. The van der Waals surface area contributed by atoms with Crippen LogP contribution in [0.2, 0.25) is 0 Å². The van der Waals surface area contributed by atoms with Gasteiger partial charge in [-0.25, -0.2) is 4.98 Å². The van der Waals surface area contributed by atoms with Crippen LogP contribution in [-0.4, -0.2) is 30.8 Å². The van der Waals surface area contributed by atoms with Gasteiger partial charge in [0, 0.05) is 30.4 Å². The second-order valence-corrected chi connectivity index (χ2v) is 5.56. The number of anilines is 2. The summed E-state index contributed by atoms with van der Waals surface area (Å²) in [6.07, 6.45) is 5.43. The Morgan fingerprint density at radius 3 is 3.17 bits per heavy atom. The van der Waals surface area contributed by atoms with Crippen molar-refractivity contribution in [2.45, 2.75) is 32.3 Å². The molecule has 2 N–H and O–H groups in total. The number of aromatic nitrogens is 1. The van der Waals surface area contributed by atoms with Crippen LogP contribution in [0.5, 0.6) is 0 Å². The number of piperidine rings is 1. The van der Waals surface area contributed by atoms with Crippen LogP contribution < -0.4 is 10.6 Å². The van der Waals surface area contributed by atoms with E-state index in [9.17, 15) is 0 Å². The molecule has 0 aromatic carbocycles. The highest BCUT2D eigenvalue weighted by Crippen LogP contribution is 2.26. The Morgan fingerprint density at radius 2 is 2.44 bits per heavy atom. The first-order chi connectivity index (χ1) is 8.70. The van der Waals surface area contributed by atoms with Crippen LogP contribution in [0.1, 0.15) is 26.2 Å². The highest BCUT2D eigenvalue weighted by molar-refractivity contribution is 9.10. The van der Waals surface area contributed by atoms with Crippen molar-refractivity contribution in [3.05, 3.63) is 16.7 Å². The quantitative estimate of drug-likeness (QED) is 0.928. The van der Waals surface area contributed by atoms with Gasteiger partial charge in [-0.1, -0.05) is 6.92 Å². The van der Waals surface area contributed by atoms with Gasteiger partial charge in [-0.15, -0.1) is 0 Å². The SMILES string of the molecule is CCCOC1CCCN(c2ncc(Br)cc2N)C1. The molecule has 1 aliphatic rings. The molecule has 2 rings (SSSR count). The summed E-state index contributed by atoms with van der Waals surface area (Å²) in [5, 5.41) is 0. The van der Waals surface area contributed by atoms with E-state index in [1.54, 1.807) is 6.20 Å². The fraction of sp³-hybridized carbons (Fsp3) is 0.615. The van der Waals surface area contributed by atoms with Gasteiger partial charge >= 0.3 is 0 Å². The second-order valence-electron chi connectivity index (χ2n) is 4.65. The van der Waals surface area contributed by atoms with E-state index in [-0.39, 0.29) is 0 Å². The van der Waals surface area contributed by atoms with E-state index in [4.69, 9.17) is 10.5 Å². The first-order valence-electron chi connectivity index (χ1n) is 6.48. The van der Waals surface area contributed by atoms with Crippen molar-refractivity contribution in [2.24, 2.45) is 0 Å². The van der Waals surface area contributed by atoms with E-state index >= 15 is 0 Å². The summed E-state index contributed by atoms with van der Waals surface area (Å²) < 4.78 is 6.74. The first kappa shape index (κ1) is 13.6. The molecule has 0 amide bonds. The van der Waals surface area contributed by atoms with Crippen LogP contribution in [0.3, 0.4) is 0 Å². The molecule has 0 saturated carbocycles. The summed E-state index contributed by atoms with van der Waals surface area (Å²) in [7, 11) is 0. The lowest BCUT2D eigenvalue weighted by molar-refractivity contribution is 0.0439. The predicted molar refractivity (Wildman–Crippen MR) is 77.8 cm³/mol. The summed E-state index contributed by atoms with van der Waals surface area (Å²) in [5.41, 5.74) is 6.75. The monoisotopic (exact) mass is 313 g/mol. The molecule has 0 spiro atoms. The molecule has 5 heteroatoms. The van der Waals surface area contributed by atoms with E-state index in [2.05, 4.69) is 32.7 Å². The average molecular weight is 314 g/mol. The van der Waals surface area contributed by atoms with E-state index < -0.39 is 0 Å². The number of halogens is 1. The molecule has 1 fully saturated rings. The van der Waals surface area contributed by atoms with Gasteiger partial charge in [-0.2, -0.15) is 0 Å². The summed E-state index contributed by atoms with van der Waals surface area (Å²) in [4.78, 5) is 6.64. The summed E-state index contributed by atoms with van der Waals surface area (Å²) >= 11 is 3.38. The van der Waals surface area contributed by atoms with Gasteiger partial charge in [0.15, 0.2) is 5.82 Å². The third-order valence-corrected chi connectivity index (χ3v) is 3.53. The Hall–Kier alpha value is -0.810. The van der Waals surface area contributed by atoms with E-state index in [0.717, 1.165) is 54.9 Å². The fourth-order valence-electron chi connectivity index (χ4n) is 2.26. The molecule has 1 saturated heterocycles. The number of ether oxygens (including phenoxy) is 1. The lowest BCUT2D eigenvalue weighted by atomic mass is 10.1. The Balaban J connectivity index is 2.03. The van der Waals surface area contributed by atoms with Crippen molar-refractivity contribution in [3.63, 3.8) is 0 Å². The van der Waals surface area contributed by atoms with Crippen molar-refractivity contribution in [2.75, 3.05) is 30.3 Å². The van der Waals surface area contributed by atoms with Gasteiger partial charge in [0.1, 0.15) is 0 Å². The van der Waals surface area contributed by atoms with Gasteiger partial charge in [0.2, 0.25) is 0 Å². The van der Waals surface area contributed by atoms with Crippen LogP contribution in [-0.2, 0) is 4.74 Å². The number of nitrogens with zero attached hydrogens (tertiary/aromatic N) is 2. The maximum absolute atomic E-state index is 6.02. The molecule has 1 aliphatic heterocycles. The largest absolute Gasteiger partial charge is 0.396 e. The topological polar surface area (TPSA) is 51.4 Å². The first-order valence-corrected chi connectivity index (χ1v) is 7.27. The van der Waals surface area contributed by atoms with Crippen LogP contribution in [0.15, 0.2) is 16.7 Å². The van der Waals surface area contributed by atoms with Gasteiger partial charge in [0.05, 0.1) is 11.8 Å². The Kier molecular flexibility index (Phi) is 4.83. The normalized spacial score (nSPS) is 20.1. The van der Waals surface area contributed by atoms with Crippen LogP contribution in [0.4, 0.5) is 11.5 Å². The van der Waals surface area contributed by atoms with Gasteiger partial charge in [0.25, 0.3) is 0 Å². The average Bonchev–Trinajstić information content (AvgIpc) is 2.36. The molecule has 1 aromatic heterocycles. The Labute approximate surface area is 117 Å². The lowest BCUT2D eigenvalue weighted by Gasteiger charge is -2.34. The Morgan fingerprint density at radius 1 is 1.61 bits per heavy atom. The second kappa shape index (κ2) is 6.38. The maximum Gasteiger partial charge on any atom is 0.151 e. The number of nitrogens with two attached hydrogens (primary N) is 1. The van der Waals surface area contributed by atoms with Gasteiger partial charge < -0.3 is 15.4 Å². The lowest BCUT2D eigenvalue weighted by Crippen LogP contribution is -2.40. The van der Waals surface area contributed by atoms with E-state index in [1.165, 1.54) is 0 Å². The standard InChI is InChI=1S/C13H20BrN3O/c1-2-6-18-11-4-3-5-17(9-11)13-12(15)7-10(14)8-16-13/h7-8,11H,2-6,9,15H2,1H3. The number of hydrogen-bond donors (Lipinski definition) is 1. The molecule has 100 valence electrons. The zero-order valence-electron chi connectivity index (χ0n) is 10.7. The highest BCUT2D eigenvalue weighted by Gasteiger charge is 2.22. The molecule has 18 heavy (non-hydrogen) atoms.